The molecular formula is C30H33F3N6. The van der Waals surface area contributed by atoms with Crippen LogP contribution in [0.15, 0.2) is 67.0 Å². The Bertz CT molecular complexity index is 1440. The summed E-state index contributed by atoms with van der Waals surface area (Å²) in [6.45, 7) is 4.46. The number of aromatic nitrogens is 3. The van der Waals surface area contributed by atoms with Crippen molar-refractivity contribution in [2.24, 2.45) is 0 Å². The minimum Gasteiger partial charge on any atom is -0.355 e. The lowest BCUT2D eigenvalue weighted by Gasteiger charge is -2.35. The number of fused-ring (bicyclic) bond motifs is 2. The van der Waals surface area contributed by atoms with Crippen LogP contribution < -0.4 is 4.90 Å². The van der Waals surface area contributed by atoms with E-state index >= 15 is 0 Å². The summed E-state index contributed by atoms with van der Waals surface area (Å²) in [5, 5.41) is 0. The van der Waals surface area contributed by atoms with Crippen molar-refractivity contribution < 1.29 is 13.2 Å². The fourth-order valence-corrected chi connectivity index (χ4v) is 5.99. The van der Waals surface area contributed by atoms with Gasteiger partial charge in [0, 0.05) is 51.7 Å². The number of rotatable bonds is 6. The molecule has 6 rings (SSSR count). The molecule has 0 unspecified atom stereocenters. The van der Waals surface area contributed by atoms with Gasteiger partial charge in [0.05, 0.1) is 23.0 Å². The summed E-state index contributed by atoms with van der Waals surface area (Å²) in [5.41, 5.74) is 3.52. The van der Waals surface area contributed by atoms with Crippen LogP contribution in [0.25, 0.3) is 5.65 Å². The van der Waals surface area contributed by atoms with E-state index in [0.29, 0.717) is 6.54 Å². The smallest absolute Gasteiger partial charge is 0.355 e. The van der Waals surface area contributed by atoms with Crippen molar-refractivity contribution in [3.63, 3.8) is 0 Å². The number of imidazole rings is 1. The first-order valence-corrected chi connectivity index (χ1v) is 13.6. The second-order valence-corrected chi connectivity index (χ2v) is 10.7. The Hall–Kier alpha value is -3.43. The van der Waals surface area contributed by atoms with Crippen LogP contribution in [0.2, 0.25) is 0 Å². The number of nitrogens with zero attached hydrogens (tertiary/aromatic N) is 6. The van der Waals surface area contributed by atoms with Gasteiger partial charge in [-0.3, -0.25) is 14.3 Å². The quantitative estimate of drug-likeness (QED) is 0.323. The first-order chi connectivity index (χ1) is 18.9. The van der Waals surface area contributed by atoms with Gasteiger partial charge in [0.2, 0.25) is 0 Å². The Kier molecular flexibility index (Phi) is 7.03. The summed E-state index contributed by atoms with van der Waals surface area (Å²) in [6.07, 6.45) is 2.18. The Balaban J connectivity index is 1.36. The number of likely N-dealkylation sites (N-methyl/N-ethyl adjacent to an activating group) is 1. The van der Waals surface area contributed by atoms with Crippen molar-refractivity contribution in [1.29, 1.82) is 0 Å². The van der Waals surface area contributed by atoms with Crippen molar-refractivity contribution in [1.82, 2.24) is 24.2 Å². The molecule has 1 aliphatic heterocycles. The maximum absolute atomic E-state index is 13.9. The van der Waals surface area contributed by atoms with Gasteiger partial charge < -0.3 is 9.80 Å². The number of piperazine rings is 1. The van der Waals surface area contributed by atoms with Crippen molar-refractivity contribution in [2.45, 2.75) is 44.6 Å². The maximum atomic E-state index is 13.9. The fourth-order valence-electron chi connectivity index (χ4n) is 5.99. The predicted molar refractivity (Wildman–Crippen MR) is 146 cm³/mol. The first kappa shape index (κ1) is 25.8. The molecule has 0 N–H and O–H groups in total. The van der Waals surface area contributed by atoms with E-state index in [-0.39, 0.29) is 18.2 Å². The molecule has 0 amide bonds. The number of benzene rings is 1. The van der Waals surface area contributed by atoms with Crippen molar-refractivity contribution in [3.05, 3.63) is 95.1 Å². The van der Waals surface area contributed by atoms with Gasteiger partial charge in [0.25, 0.3) is 0 Å². The van der Waals surface area contributed by atoms with E-state index in [1.54, 1.807) is 18.3 Å². The highest BCUT2D eigenvalue weighted by Crippen LogP contribution is 2.37. The molecule has 9 heteroatoms. The van der Waals surface area contributed by atoms with Gasteiger partial charge in [-0.05, 0) is 61.7 Å². The van der Waals surface area contributed by atoms with Crippen LogP contribution in [-0.2, 0) is 25.7 Å². The van der Waals surface area contributed by atoms with Crippen molar-refractivity contribution >= 4 is 11.5 Å². The van der Waals surface area contributed by atoms with Crippen LogP contribution in [0.1, 0.15) is 47.0 Å². The van der Waals surface area contributed by atoms with Crippen LogP contribution >= 0.6 is 0 Å². The molecule has 3 aromatic heterocycles. The van der Waals surface area contributed by atoms with Crippen molar-refractivity contribution in [2.75, 3.05) is 38.1 Å². The zero-order valence-corrected chi connectivity index (χ0v) is 22.1. The molecule has 4 heterocycles. The lowest BCUT2D eigenvalue weighted by molar-refractivity contribution is -0.138. The molecule has 204 valence electrons. The number of anilines is 1. The molecule has 6 nitrogen and oxygen atoms in total. The standard InChI is InChI=1S/C30H33F3N6/c1-36-15-17-37(18-16-36)28-13-5-12-27-35-24(21-39(27)28)20-38(19-23-7-2-3-10-25(23)30(31,32)33)26-11-4-8-22-9-6-14-34-29(22)26/h2-3,5-7,9-10,12-14,21,26H,4,8,11,15-20H2,1H3/t26-/m0/s1. The average Bonchev–Trinajstić information content (AvgIpc) is 3.35. The van der Waals surface area contributed by atoms with E-state index in [1.807, 2.05) is 24.4 Å². The Morgan fingerprint density at radius 1 is 0.949 bits per heavy atom. The molecule has 1 aliphatic carbocycles. The molecule has 1 atom stereocenters. The number of hydrogen-bond acceptors (Lipinski definition) is 5. The molecule has 39 heavy (non-hydrogen) atoms. The number of pyridine rings is 2. The summed E-state index contributed by atoms with van der Waals surface area (Å²) in [4.78, 5) is 16.5. The van der Waals surface area contributed by atoms with Crippen LogP contribution in [0.4, 0.5) is 19.0 Å². The number of halogens is 3. The number of aryl methyl sites for hydroxylation is 1. The molecule has 4 aromatic rings. The van der Waals surface area contributed by atoms with Gasteiger partial charge in [0.15, 0.2) is 0 Å². The average molecular weight is 535 g/mol. The Labute approximate surface area is 226 Å². The molecule has 1 fully saturated rings. The van der Waals surface area contributed by atoms with Gasteiger partial charge in [0.1, 0.15) is 11.5 Å². The van der Waals surface area contributed by atoms with Gasteiger partial charge in [-0.25, -0.2) is 4.98 Å². The summed E-state index contributed by atoms with van der Waals surface area (Å²) in [7, 11) is 2.14. The highest BCUT2D eigenvalue weighted by molar-refractivity contribution is 5.53. The fraction of sp³-hybridized carbons (Fsp3) is 0.400. The molecule has 0 radical (unpaired) electrons. The lowest BCUT2D eigenvalue weighted by Crippen LogP contribution is -2.45. The van der Waals surface area contributed by atoms with Gasteiger partial charge >= 0.3 is 6.18 Å². The van der Waals surface area contributed by atoms with Gasteiger partial charge in [-0.2, -0.15) is 13.2 Å². The largest absolute Gasteiger partial charge is 0.416 e. The minimum atomic E-state index is -4.41. The Morgan fingerprint density at radius 2 is 1.77 bits per heavy atom. The van der Waals surface area contributed by atoms with Gasteiger partial charge in [-0.15, -0.1) is 0 Å². The SMILES string of the molecule is CN1CCN(c2cccc3nc(CN(Cc4ccccc4C(F)(F)F)[C@H]4CCCc5cccnc54)cn23)CC1. The Morgan fingerprint density at radius 3 is 2.59 bits per heavy atom. The highest BCUT2D eigenvalue weighted by atomic mass is 19.4. The van der Waals surface area contributed by atoms with E-state index in [9.17, 15) is 13.2 Å². The van der Waals surface area contributed by atoms with E-state index in [1.165, 1.54) is 17.7 Å². The van der Waals surface area contributed by atoms with E-state index < -0.39 is 11.7 Å². The van der Waals surface area contributed by atoms with Crippen LogP contribution in [0.3, 0.4) is 0 Å². The van der Waals surface area contributed by atoms with Crippen molar-refractivity contribution in [3.8, 4) is 0 Å². The van der Waals surface area contributed by atoms with E-state index in [0.717, 1.165) is 68.3 Å². The van der Waals surface area contributed by atoms with Gasteiger partial charge in [-0.1, -0.05) is 30.3 Å². The molecule has 1 saturated heterocycles. The van der Waals surface area contributed by atoms with Crippen LogP contribution in [0.5, 0.6) is 0 Å². The molecule has 2 aliphatic rings. The second kappa shape index (κ2) is 10.6. The molecule has 0 saturated carbocycles. The predicted octanol–water partition coefficient (Wildman–Crippen LogP) is 5.58. The first-order valence-electron chi connectivity index (χ1n) is 13.6. The molecule has 0 spiro atoms. The molecule has 1 aromatic carbocycles. The zero-order chi connectivity index (χ0) is 27.0. The number of hydrogen-bond donors (Lipinski definition) is 0. The third-order valence-electron chi connectivity index (χ3n) is 8.02. The summed E-state index contributed by atoms with van der Waals surface area (Å²) in [5.74, 6) is 1.10. The maximum Gasteiger partial charge on any atom is 0.416 e. The summed E-state index contributed by atoms with van der Waals surface area (Å²) < 4.78 is 43.9. The van der Waals surface area contributed by atoms with Crippen LogP contribution in [-0.4, -0.2) is 57.4 Å². The summed E-state index contributed by atoms with van der Waals surface area (Å²) >= 11 is 0. The van der Waals surface area contributed by atoms with E-state index in [4.69, 9.17) is 9.97 Å². The monoisotopic (exact) mass is 534 g/mol. The third-order valence-corrected chi connectivity index (χ3v) is 8.02. The molecule has 0 bridgehead atoms. The minimum absolute atomic E-state index is 0.0850. The van der Waals surface area contributed by atoms with Crippen LogP contribution in [0, 0.1) is 0 Å². The normalized spacial score (nSPS) is 18.6. The topological polar surface area (TPSA) is 39.9 Å². The zero-order valence-electron chi connectivity index (χ0n) is 22.1. The molecular weight excluding hydrogens is 501 g/mol. The number of alkyl halides is 3. The second-order valence-electron chi connectivity index (χ2n) is 10.7. The highest BCUT2D eigenvalue weighted by Gasteiger charge is 2.35. The lowest BCUT2D eigenvalue weighted by atomic mass is 9.90. The van der Waals surface area contributed by atoms with E-state index in [2.05, 4.69) is 38.3 Å². The third kappa shape index (κ3) is 5.38. The summed E-state index contributed by atoms with van der Waals surface area (Å²) in [6, 6.07) is 16.0.